The van der Waals surface area contributed by atoms with Crippen LogP contribution in [0.25, 0.3) is 21.3 Å². The molecule has 4 aromatic rings. The van der Waals surface area contributed by atoms with Gasteiger partial charge in [0.2, 0.25) is 5.43 Å². The van der Waals surface area contributed by atoms with Crippen molar-refractivity contribution in [2.24, 2.45) is 0 Å². The minimum atomic E-state index is -0.460. The number of aryl methyl sites for hydroxylation is 2. The van der Waals surface area contributed by atoms with E-state index < -0.39 is 5.91 Å². The predicted molar refractivity (Wildman–Crippen MR) is 104 cm³/mol. The van der Waals surface area contributed by atoms with Crippen LogP contribution in [0.2, 0.25) is 0 Å². The largest absolute Gasteiger partial charge is 0.332 e. The molecule has 3 aromatic heterocycles. The highest BCUT2D eigenvalue weighted by Gasteiger charge is 2.17. The summed E-state index contributed by atoms with van der Waals surface area (Å²) in [5.41, 5.74) is 2.00. The van der Waals surface area contributed by atoms with Gasteiger partial charge in [0.05, 0.1) is 15.6 Å². The molecule has 0 aliphatic heterocycles. The fourth-order valence-corrected chi connectivity index (χ4v) is 3.71. The number of para-hydroxylation sites is 1. The summed E-state index contributed by atoms with van der Waals surface area (Å²) < 4.78 is 2.80. The molecule has 0 atom stereocenters. The molecule has 0 fully saturated rings. The van der Waals surface area contributed by atoms with E-state index in [1.165, 1.54) is 11.3 Å². The molecule has 7 heteroatoms. The van der Waals surface area contributed by atoms with Gasteiger partial charge in [-0.3, -0.25) is 14.9 Å². The third kappa shape index (κ3) is 2.76. The van der Waals surface area contributed by atoms with Gasteiger partial charge in [-0.2, -0.15) is 0 Å². The molecule has 0 radical (unpaired) electrons. The second kappa shape index (κ2) is 6.34. The molecule has 3 heterocycles. The number of thiazole rings is 1. The molecule has 0 aliphatic rings. The van der Waals surface area contributed by atoms with E-state index in [-0.39, 0.29) is 11.0 Å². The number of carbonyl (C=O) groups excluding carboxylic acids is 1. The maximum absolute atomic E-state index is 12.8. The molecule has 1 amide bonds. The Morgan fingerprint density at radius 3 is 2.77 bits per heavy atom. The van der Waals surface area contributed by atoms with Crippen molar-refractivity contribution in [3.05, 3.63) is 64.1 Å². The molecular formula is C19H16N4O2S. The summed E-state index contributed by atoms with van der Waals surface area (Å²) in [6, 6.07) is 11.1. The van der Waals surface area contributed by atoms with Crippen LogP contribution < -0.4 is 10.7 Å². The number of benzene rings is 1. The summed E-state index contributed by atoms with van der Waals surface area (Å²) in [5.74, 6) is -0.460. The van der Waals surface area contributed by atoms with Crippen molar-refractivity contribution in [1.29, 1.82) is 0 Å². The first-order valence-corrected chi connectivity index (χ1v) is 9.06. The first-order valence-electron chi connectivity index (χ1n) is 8.24. The maximum Gasteiger partial charge on any atom is 0.262 e. The Balaban J connectivity index is 1.77. The number of nitrogens with one attached hydrogen (secondary N) is 1. The summed E-state index contributed by atoms with van der Waals surface area (Å²) in [6.45, 7) is 4.43. The smallest absolute Gasteiger partial charge is 0.262 e. The van der Waals surface area contributed by atoms with Gasteiger partial charge in [-0.05, 0) is 38.1 Å². The van der Waals surface area contributed by atoms with Gasteiger partial charge in [-0.25, -0.2) is 9.97 Å². The number of hydrogen-bond acceptors (Lipinski definition) is 5. The van der Waals surface area contributed by atoms with E-state index in [0.717, 1.165) is 15.9 Å². The van der Waals surface area contributed by atoms with Crippen LogP contribution in [0.1, 0.15) is 23.0 Å². The van der Waals surface area contributed by atoms with Crippen molar-refractivity contribution in [3.8, 4) is 0 Å². The molecule has 130 valence electrons. The number of pyridine rings is 2. The highest BCUT2D eigenvalue weighted by Crippen LogP contribution is 2.25. The highest BCUT2D eigenvalue weighted by atomic mass is 32.1. The van der Waals surface area contributed by atoms with E-state index in [9.17, 15) is 9.59 Å². The van der Waals surface area contributed by atoms with Crippen LogP contribution in [0.5, 0.6) is 0 Å². The van der Waals surface area contributed by atoms with E-state index in [1.807, 2.05) is 42.7 Å². The first-order chi connectivity index (χ1) is 12.6. The zero-order valence-electron chi connectivity index (χ0n) is 14.3. The average Bonchev–Trinajstić information content (AvgIpc) is 3.04. The van der Waals surface area contributed by atoms with Crippen LogP contribution in [0.3, 0.4) is 0 Å². The summed E-state index contributed by atoms with van der Waals surface area (Å²) in [5, 5.41) is 3.66. The Labute approximate surface area is 153 Å². The van der Waals surface area contributed by atoms with E-state index in [0.29, 0.717) is 22.7 Å². The van der Waals surface area contributed by atoms with E-state index in [2.05, 4.69) is 15.3 Å². The zero-order valence-corrected chi connectivity index (χ0v) is 15.1. The van der Waals surface area contributed by atoms with Gasteiger partial charge < -0.3 is 4.57 Å². The standard InChI is InChI=1S/C19H16N4O2S/c1-3-23-10-13(16(24)12-9-8-11(2)20-17(12)23)18(25)22-19-21-14-6-4-5-7-15(14)26-19/h4-10H,3H2,1-2H3,(H,21,22,25). The molecule has 0 saturated carbocycles. The van der Waals surface area contributed by atoms with Gasteiger partial charge >= 0.3 is 0 Å². The molecule has 1 N–H and O–H groups in total. The van der Waals surface area contributed by atoms with Crippen LogP contribution in [0.15, 0.2) is 47.4 Å². The molecule has 0 bridgehead atoms. The fourth-order valence-electron chi connectivity index (χ4n) is 2.85. The fraction of sp³-hybridized carbons (Fsp3) is 0.158. The van der Waals surface area contributed by atoms with Crippen LogP contribution in [0.4, 0.5) is 5.13 Å². The lowest BCUT2D eigenvalue weighted by molar-refractivity contribution is 0.102. The van der Waals surface area contributed by atoms with Gasteiger partial charge in [0.15, 0.2) is 5.13 Å². The average molecular weight is 364 g/mol. The van der Waals surface area contributed by atoms with Crippen LogP contribution in [-0.2, 0) is 6.54 Å². The third-order valence-electron chi connectivity index (χ3n) is 4.16. The summed E-state index contributed by atoms with van der Waals surface area (Å²) >= 11 is 1.38. The minimum Gasteiger partial charge on any atom is -0.332 e. The quantitative estimate of drug-likeness (QED) is 0.603. The molecule has 0 aliphatic carbocycles. The number of nitrogens with zero attached hydrogens (tertiary/aromatic N) is 3. The summed E-state index contributed by atoms with van der Waals surface area (Å²) in [6.07, 6.45) is 1.57. The van der Waals surface area contributed by atoms with Gasteiger partial charge in [-0.15, -0.1) is 0 Å². The Morgan fingerprint density at radius 2 is 2.00 bits per heavy atom. The maximum atomic E-state index is 12.8. The SMILES string of the molecule is CCn1cc(C(=O)Nc2nc3ccccc3s2)c(=O)c2ccc(C)nc21. The van der Waals surface area contributed by atoms with Gasteiger partial charge in [-0.1, -0.05) is 23.5 Å². The van der Waals surface area contributed by atoms with Gasteiger partial charge in [0.1, 0.15) is 11.2 Å². The molecule has 0 unspecified atom stereocenters. The Hall–Kier alpha value is -3.06. The van der Waals surface area contributed by atoms with Crippen LogP contribution >= 0.6 is 11.3 Å². The number of rotatable bonds is 3. The van der Waals surface area contributed by atoms with Gasteiger partial charge in [0, 0.05) is 18.4 Å². The minimum absolute atomic E-state index is 0.0873. The normalized spacial score (nSPS) is 11.2. The van der Waals surface area contributed by atoms with Crippen molar-refractivity contribution in [3.63, 3.8) is 0 Å². The lowest BCUT2D eigenvalue weighted by Crippen LogP contribution is -2.24. The number of aromatic nitrogens is 3. The second-order valence-electron chi connectivity index (χ2n) is 5.92. The lowest BCUT2D eigenvalue weighted by Gasteiger charge is -2.11. The van der Waals surface area contributed by atoms with Crippen molar-refractivity contribution >= 4 is 43.6 Å². The monoisotopic (exact) mass is 364 g/mol. The van der Waals surface area contributed by atoms with Crippen LogP contribution in [0, 0.1) is 6.92 Å². The van der Waals surface area contributed by atoms with Crippen molar-refractivity contribution < 1.29 is 4.79 Å². The van der Waals surface area contributed by atoms with Crippen LogP contribution in [-0.4, -0.2) is 20.4 Å². The Morgan fingerprint density at radius 1 is 1.19 bits per heavy atom. The van der Waals surface area contributed by atoms with Gasteiger partial charge in [0.25, 0.3) is 5.91 Å². The van der Waals surface area contributed by atoms with Crippen molar-refractivity contribution in [2.75, 3.05) is 5.32 Å². The number of fused-ring (bicyclic) bond motifs is 2. The predicted octanol–water partition coefficient (Wildman–Crippen LogP) is 3.59. The molecule has 26 heavy (non-hydrogen) atoms. The van der Waals surface area contributed by atoms with Crippen molar-refractivity contribution in [2.45, 2.75) is 20.4 Å². The highest BCUT2D eigenvalue weighted by molar-refractivity contribution is 7.22. The third-order valence-corrected chi connectivity index (χ3v) is 5.11. The molecular weight excluding hydrogens is 348 g/mol. The number of carbonyl (C=O) groups is 1. The Bertz CT molecular complexity index is 1180. The topological polar surface area (TPSA) is 76.9 Å². The molecule has 1 aromatic carbocycles. The molecule has 0 spiro atoms. The van der Waals surface area contributed by atoms with E-state index in [1.54, 1.807) is 18.3 Å². The van der Waals surface area contributed by atoms with Crippen molar-refractivity contribution in [1.82, 2.24) is 14.5 Å². The Kier molecular flexibility index (Phi) is 4.00. The number of amides is 1. The second-order valence-corrected chi connectivity index (χ2v) is 6.95. The summed E-state index contributed by atoms with van der Waals surface area (Å²) in [4.78, 5) is 34.3. The molecule has 0 saturated heterocycles. The zero-order chi connectivity index (χ0) is 18.3. The first kappa shape index (κ1) is 16.4. The number of anilines is 1. The number of hydrogen-bond donors (Lipinski definition) is 1. The summed E-state index contributed by atoms with van der Waals surface area (Å²) in [7, 11) is 0. The van der Waals surface area contributed by atoms with E-state index in [4.69, 9.17) is 0 Å². The lowest BCUT2D eigenvalue weighted by atomic mass is 10.1. The van der Waals surface area contributed by atoms with E-state index >= 15 is 0 Å². The molecule has 4 rings (SSSR count). The molecule has 6 nitrogen and oxygen atoms in total.